The highest BCUT2D eigenvalue weighted by Gasteiger charge is 2.20. The van der Waals surface area contributed by atoms with Gasteiger partial charge in [-0.3, -0.25) is 5.10 Å². The SMILES string of the molecule is CCc1cc(-c2cc(C(=O)O)[nH]n2)c(OC)c(Br)c1OC. The van der Waals surface area contributed by atoms with E-state index < -0.39 is 5.97 Å². The Kier molecular flexibility index (Phi) is 4.52. The predicted molar refractivity (Wildman–Crippen MR) is 81.2 cm³/mol. The Hall–Kier alpha value is -2.02. The van der Waals surface area contributed by atoms with Gasteiger partial charge >= 0.3 is 5.97 Å². The Labute approximate surface area is 130 Å². The van der Waals surface area contributed by atoms with E-state index in [1.807, 2.05) is 13.0 Å². The number of benzene rings is 1. The zero-order valence-corrected chi connectivity index (χ0v) is 13.4. The van der Waals surface area contributed by atoms with Crippen LogP contribution in [0.2, 0.25) is 0 Å². The van der Waals surface area contributed by atoms with Crippen LogP contribution in [-0.2, 0) is 6.42 Å². The standard InChI is InChI=1S/C14H15BrN2O4/c1-4-7-5-8(9-6-10(14(18)19)17-16-9)13(21-3)11(15)12(7)20-2/h5-6H,4H2,1-3H3,(H,16,17)(H,18,19). The molecule has 0 aliphatic carbocycles. The van der Waals surface area contributed by atoms with Gasteiger partial charge in [0.15, 0.2) is 0 Å². The summed E-state index contributed by atoms with van der Waals surface area (Å²) in [6, 6.07) is 3.36. The number of hydrogen-bond donors (Lipinski definition) is 2. The molecule has 0 unspecified atom stereocenters. The second kappa shape index (κ2) is 6.17. The highest BCUT2D eigenvalue weighted by atomic mass is 79.9. The molecule has 1 aromatic carbocycles. The number of methoxy groups -OCH3 is 2. The number of nitrogens with one attached hydrogen (secondary N) is 1. The van der Waals surface area contributed by atoms with E-state index in [4.69, 9.17) is 14.6 Å². The van der Waals surface area contributed by atoms with Gasteiger partial charge in [-0.2, -0.15) is 5.10 Å². The molecule has 2 aromatic rings. The van der Waals surface area contributed by atoms with Crippen LogP contribution in [0, 0.1) is 0 Å². The summed E-state index contributed by atoms with van der Waals surface area (Å²) in [4.78, 5) is 11.0. The lowest BCUT2D eigenvalue weighted by atomic mass is 10.0. The molecule has 0 saturated carbocycles. The zero-order valence-electron chi connectivity index (χ0n) is 11.9. The van der Waals surface area contributed by atoms with E-state index >= 15 is 0 Å². The highest BCUT2D eigenvalue weighted by Crippen LogP contribution is 2.44. The van der Waals surface area contributed by atoms with E-state index in [2.05, 4.69) is 26.1 Å². The van der Waals surface area contributed by atoms with Gasteiger partial charge in [0.2, 0.25) is 0 Å². The summed E-state index contributed by atoms with van der Waals surface area (Å²) in [5.74, 6) is 0.190. The number of carboxylic acids is 1. The summed E-state index contributed by atoms with van der Waals surface area (Å²) in [5.41, 5.74) is 2.20. The lowest BCUT2D eigenvalue weighted by Crippen LogP contribution is -1.98. The average molecular weight is 355 g/mol. The topological polar surface area (TPSA) is 84.4 Å². The molecule has 21 heavy (non-hydrogen) atoms. The predicted octanol–water partition coefficient (Wildman–Crippen LogP) is 3.12. The van der Waals surface area contributed by atoms with Gasteiger partial charge in [-0.05, 0) is 40.0 Å². The van der Waals surface area contributed by atoms with Gasteiger partial charge < -0.3 is 14.6 Å². The molecule has 0 amide bonds. The molecule has 0 aliphatic heterocycles. The number of H-pyrrole nitrogens is 1. The van der Waals surface area contributed by atoms with Crippen LogP contribution in [0.3, 0.4) is 0 Å². The second-order valence-corrected chi connectivity index (χ2v) is 5.08. The number of aromatic amines is 1. The summed E-state index contributed by atoms with van der Waals surface area (Å²) in [7, 11) is 3.13. The summed E-state index contributed by atoms with van der Waals surface area (Å²) in [5, 5.41) is 15.5. The normalized spacial score (nSPS) is 10.5. The molecule has 0 aliphatic rings. The number of rotatable bonds is 5. The fourth-order valence-electron chi connectivity index (χ4n) is 2.11. The molecule has 0 fully saturated rings. The average Bonchev–Trinajstić information content (AvgIpc) is 2.96. The quantitative estimate of drug-likeness (QED) is 0.861. The number of nitrogens with zero attached hydrogens (tertiary/aromatic N) is 1. The Morgan fingerprint density at radius 3 is 2.48 bits per heavy atom. The Balaban J connectivity index is 2.66. The first-order valence-electron chi connectivity index (χ1n) is 6.25. The van der Waals surface area contributed by atoms with Gasteiger partial charge in [0.25, 0.3) is 0 Å². The monoisotopic (exact) mass is 354 g/mol. The molecule has 0 saturated heterocycles. The van der Waals surface area contributed by atoms with Crippen LogP contribution in [0.25, 0.3) is 11.3 Å². The van der Waals surface area contributed by atoms with Crippen molar-refractivity contribution in [1.29, 1.82) is 0 Å². The van der Waals surface area contributed by atoms with Crippen LogP contribution in [0.4, 0.5) is 0 Å². The van der Waals surface area contributed by atoms with E-state index in [1.165, 1.54) is 6.07 Å². The zero-order chi connectivity index (χ0) is 15.6. The lowest BCUT2D eigenvalue weighted by Gasteiger charge is -2.16. The van der Waals surface area contributed by atoms with Gasteiger partial charge in [0.05, 0.1) is 19.9 Å². The third-order valence-electron chi connectivity index (χ3n) is 3.13. The van der Waals surface area contributed by atoms with Crippen molar-refractivity contribution in [2.45, 2.75) is 13.3 Å². The van der Waals surface area contributed by atoms with Crippen molar-refractivity contribution < 1.29 is 19.4 Å². The maximum absolute atomic E-state index is 11.0. The third-order valence-corrected chi connectivity index (χ3v) is 3.85. The van der Waals surface area contributed by atoms with Crippen LogP contribution >= 0.6 is 15.9 Å². The molecular weight excluding hydrogens is 340 g/mol. The number of hydrogen-bond acceptors (Lipinski definition) is 4. The minimum Gasteiger partial charge on any atom is -0.495 e. The first kappa shape index (κ1) is 15.4. The van der Waals surface area contributed by atoms with E-state index in [0.29, 0.717) is 27.2 Å². The smallest absolute Gasteiger partial charge is 0.353 e. The fourth-order valence-corrected chi connectivity index (χ4v) is 2.90. The fraction of sp³-hybridized carbons (Fsp3) is 0.286. The van der Waals surface area contributed by atoms with Gasteiger partial charge in [0.1, 0.15) is 21.7 Å². The van der Waals surface area contributed by atoms with E-state index in [-0.39, 0.29) is 5.69 Å². The molecule has 0 atom stereocenters. The number of aromatic carboxylic acids is 1. The molecule has 2 rings (SSSR count). The van der Waals surface area contributed by atoms with Crippen molar-refractivity contribution in [3.63, 3.8) is 0 Å². The first-order chi connectivity index (χ1) is 10.0. The lowest BCUT2D eigenvalue weighted by molar-refractivity contribution is 0.0690. The molecule has 0 radical (unpaired) electrons. The van der Waals surface area contributed by atoms with Crippen molar-refractivity contribution in [1.82, 2.24) is 10.2 Å². The molecule has 1 heterocycles. The summed E-state index contributed by atoms with van der Waals surface area (Å²) in [6.07, 6.45) is 0.759. The maximum atomic E-state index is 11.0. The summed E-state index contributed by atoms with van der Waals surface area (Å²) < 4.78 is 11.5. The molecule has 6 nitrogen and oxygen atoms in total. The molecule has 0 spiro atoms. The van der Waals surface area contributed by atoms with Crippen LogP contribution < -0.4 is 9.47 Å². The first-order valence-corrected chi connectivity index (χ1v) is 7.05. The van der Waals surface area contributed by atoms with Crippen molar-refractivity contribution >= 4 is 21.9 Å². The number of aromatic nitrogens is 2. The van der Waals surface area contributed by atoms with E-state index in [0.717, 1.165) is 12.0 Å². The number of halogens is 1. The van der Waals surface area contributed by atoms with Crippen LogP contribution in [-0.4, -0.2) is 35.5 Å². The van der Waals surface area contributed by atoms with Crippen molar-refractivity contribution in [2.24, 2.45) is 0 Å². The summed E-state index contributed by atoms with van der Waals surface area (Å²) >= 11 is 3.47. The van der Waals surface area contributed by atoms with Crippen molar-refractivity contribution in [2.75, 3.05) is 14.2 Å². The molecule has 7 heteroatoms. The molecular formula is C14H15BrN2O4. The van der Waals surface area contributed by atoms with Gasteiger partial charge in [-0.25, -0.2) is 4.79 Å². The number of ether oxygens (including phenoxy) is 2. The Morgan fingerprint density at radius 2 is 2.00 bits per heavy atom. The Bertz CT molecular complexity index is 682. The van der Waals surface area contributed by atoms with Gasteiger partial charge in [-0.1, -0.05) is 6.92 Å². The van der Waals surface area contributed by atoms with Crippen LogP contribution in [0.5, 0.6) is 11.5 Å². The van der Waals surface area contributed by atoms with Gasteiger partial charge in [-0.15, -0.1) is 0 Å². The molecule has 1 aromatic heterocycles. The maximum Gasteiger partial charge on any atom is 0.353 e. The molecule has 0 bridgehead atoms. The number of carbonyl (C=O) groups is 1. The largest absolute Gasteiger partial charge is 0.495 e. The van der Waals surface area contributed by atoms with Crippen molar-refractivity contribution in [3.05, 3.63) is 27.9 Å². The second-order valence-electron chi connectivity index (χ2n) is 4.29. The Morgan fingerprint density at radius 1 is 1.33 bits per heavy atom. The minimum absolute atomic E-state index is 0.0250. The molecule has 112 valence electrons. The van der Waals surface area contributed by atoms with E-state index in [1.54, 1.807) is 14.2 Å². The van der Waals surface area contributed by atoms with E-state index in [9.17, 15) is 4.79 Å². The van der Waals surface area contributed by atoms with Crippen LogP contribution in [0.15, 0.2) is 16.6 Å². The van der Waals surface area contributed by atoms with Crippen molar-refractivity contribution in [3.8, 4) is 22.8 Å². The third kappa shape index (κ3) is 2.73. The molecule has 2 N–H and O–H groups in total. The van der Waals surface area contributed by atoms with Gasteiger partial charge in [0, 0.05) is 5.56 Å². The minimum atomic E-state index is -1.06. The number of carboxylic acid groups (broad SMARTS) is 1. The van der Waals surface area contributed by atoms with Crippen LogP contribution in [0.1, 0.15) is 23.0 Å². The number of aryl methyl sites for hydroxylation is 1. The highest BCUT2D eigenvalue weighted by molar-refractivity contribution is 9.10. The summed E-state index contributed by atoms with van der Waals surface area (Å²) in [6.45, 7) is 2.01.